The average Bonchev–Trinajstić information content (AvgIpc) is 2.27. The average molecular weight is 265 g/mol. The van der Waals surface area contributed by atoms with Crippen molar-refractivity contribution >= 4 is 0 Å². The van der Waals surface area contributed by atoms with E-state index in [1.54, 1.807) is 0 Å². The van der Waals surface area contributed by atoms with E-state index in [1.165, 1.54) is 44.9 Å². The van der Waals surface area contributed by atoms with Crippen molar-refractivity contribution in [3.05, 3.63) is 0 Å². The lowest BCUT2D eigenvalue weighted by molar-refractivity contribution is -0.126. The third-order valence-corrected chi connectivity index (χ3v) is 3.70. The van der Waals surface area contributed by atoms with Gasteiger partial charge in [0.15, 0.2) is 0 Å². The first-order valence-electron chi connectivity index (χ1n) is 7.38. The predicted molar refractivity (Wildman–Crippen MR) is 68.6 cm³/mol. The summed E-state index contributed by atoms with van der Waals surface area (Å²) >= 11 is 0. The molecule has 18 heavy (non-hydrogen) atoms. The Morgan fingerprint density at radius 2 is 1.11 bits per heavy atom. The smallest absolute Gasteiger partial charge is 0.306 e. The summed E-state index contributed by atoms with van der Waals surface area (Å²) in [6, 6.07) is 0.0612. The summed E-state index contributed by atoms with van der Waals surface area (Å²) in [4.78, 5) is 0. The Labute approximate surface area is 109 Å². The van der Waals surface area contributed by atoms with Gasteiger partial charge in [-0.1, -0.05) is 57.8 Å². The predicted octanol–water partition coefficient (Wildman–Crippen LogP) is 4.81. The van der Waals surface area contributed by atoms with Crippen molar-refractivity contribution in [2.24, 2.45) is 0 Å². The summed E-state index contributed by atoms with van der Waals surface area (Å²) in [7, 11) is 0. The molecular weight excluding hydrogens is 239 g/mol. The molecule has 1 aliphatic carbocycles. The zero-order valence-corrected chi connectivity index (χ0v) is 11.2. The van der Waals surface area contributed by atoms with Crippen LogP contribution in [0.2, 0.25) is 0 Å². The summed E-state index contributed by atoms with van der Waals surface area (Å²) in [6.07, 6.45) is 8.59. The molecule has 1 aliphatic rings. The molecule has 1 N–H and O–H groups in total. The summed E-state index contributed by atoms with van der Waals surface area (Å²) in [5, 5.41) is 2.69. The molecule has 0 unspecified atom stereocenters. The standard InChI is InChI=1S/C14H26F3N/c15-14(16,17)12-18-13-10-8-6-4-2-1-3-5-7-9-11-13/h13,18H,1-12H2. The van der Waals surface area contributed by atoms with Gasteiger partial charge in [0.1, 0.15) is 0 Å². The van der Waals surface area contributed by atoms with Crippen molar-refractivity contribution < 1.29 is 13.2 Å². The Morgan fingerprint density at radius 3 is 1.50 bits per heavy atom. The molecule has 0 atom stereocenters. The third kappa shape index (κ3) is 8.78. The molecule has 1 fully saturated rings. The van der Waals surface area contributed by atoms with E-state index in [2.05, 4.69) is 5.32 Å². The topological polar surface area (TPSA) is 12.0 Å². The maximum absolute atomic E-state index is 12.2. The minimum Gasteiger partial charge on any atom is -0.306 e. The second-order valence-electron chi connectivity index (χ2n) is 5.45. The zero-order valence-electron chi connectivity index (χ0n) is 11.2. The van der Waals surface area contributed by atoms with E-state index < -0.39 is 12.7 Å². The van der Waals surface area contributed by atoms with Crippen LogP contribution in [0, 0.1) is 0 Å². The van der Waals surface area contributed by atoms with E-state index in [4.69, 9.17) is 0 Å². The van der Waals surface area contributed by atoms with Gasteiger partial charge in [0.2, 0.25) is 0 Å². The highest BCUT2D eigenvalue weighted by Gasteiger charge is 2.27. The molecule has 0 aliphatic heterocycles. The van der Waals surface area contributed by atoms with Crippen LogP contribution in [0.5, 0.6) is 0 Å². The SMILES string of the molecule is FC(F)(F)CNC1CCCCCCCCCCC1. The summed E-state index contributed by atoms with van der Waals surface area (Å²) < 4.78 is 36.6. The molecule has 0 bridgehead atoms. The van der Waals surface area contributed by atoms with Gasteiger partial charge in [0.25, 0.3) is 0 Å². The third-order valence-electron chi connectivity index (χ3n) is 3.70. The lowest BCUT2D eigenvalue weighted by Crippen LogP contribution is -2.37. The van der Waals surface area contributed by atoms with E-state index in [0.717, 1.165) is 25.7 Å². The summed E-state index contributed by atoms with van der Waals surface area (Å²) in [5.74, 6) is 0. The molecule has 0 radical (unpaired) electrons. The fourth-order valence-electron chi connectivity index (χ4n) is 2.63. The van der Waals surface area contributed by atoms with Crippen molar-refractivity contribution in [1.29, 1.82) is 0 Å². The molecule has 1 rings (SSSR count). The van der Waals surface area contributed by atoms with Gasteiger partial charge in [-0.3, -0.25) is 0 Å². The molecule has 0 amide bonds. The maximum atomic E-state index is 12.2. The van der Waals surface area contributed by atoms with Crippen LogP contribution in [0.3, 0.4) is 0 Å². The highest BCUT2D eigenvalue weighted by atomic mass is 19.4. The van der Waals surface area contributed by atoms with Gasteiger partial charge >= 0.3 is 6.18 Å². The van der Waals surface area contributed by atoms with E-state index in [-0.39, 0.29) is 6.04 Å². The Kier molecular flexibility index (Phi) is 7.71. The van der Waals surface area contributed by atoms with Crippen molar-refractivity contribution in [2.75, 3.05) is 6.54 Å². The van der Waals surface area contributed by atoms with Gasteiger partial charge in [-0.15, -0.1) is 0 Å². The van der Waals surface area contributed by atoms with Crippen molar-refractivity contribution in [3.63, 3.8) is 0 Å². The Hall–Kier alpha value is -0.250. The van der Waals surface area contributed by atoms with E-state index in [0.29, 0.717) is 0 Å². The number of nitrogens with one attached hydrogen (secondary N) is 1. The molecule has 0 aromatic heterocycles. The zero-order chi connectivity index (χ0) is 13.3. The first kappa shape index (κ1) is 15.8. The van der Waals surface area contributed by atoms with E-state index >= 15 is 0 Å². The van der Waals surface area contributed by atoms with Crippen LogP contribution in [-0.4, -0.2) is 18.8 Å². The molecule has 0 aromatic rings. The van der Waals surface area contributed by atoms with Gasteiger partial charge < -0.3 is 5.32 Å². The minimum absolute atomic E-state index is 0.0612. The van der Waals surface area contributed by atoms with Gasteiger partial charge in [-0.05, 0) is 12.8 Å². The normalized spacial score (nSPS) is 22.2. The Balaban J connectivity index is 2.27. The second kappa shape index (κ2) is 8.78. The monoisotopic (exact) mass is 265 g/mol. The number of rotatable bonds is 2. The molecule has 4 heteroatoms. The van der Waals surface area contributed by atoms with Crippen LogP contribution >= 0.6 is 0 Å². The van der Waals surface area contributed by atoms with Crippen LogP contribution in [0.25, 0.3) is 0 Å². The van der Waals surface area contributed by atoms with E-state index in [1.807, 2.05) is 0 Å². The fraction of sp³-hybridized carbons (Fsp3) is 1.00. The van der Waals surface area contributed by atoms with Gasteiger partial charge in [0, 0.05) is 6.04 Å². The van der Waals surface area contributed by atoms with Gasteiger partial charge in [-0.25, -0.2) is 0 Å². The Morgan fingerprint density at radius 1 is 0.722 bits per heavy atom. The van der Waals surface area contributed by atoms with Crippen molar-refractivity contribution in [2.45, 2.75) is 82.8 Å². The summed E-state index contributed by atoms with van der Waals surface area (Å²) in [6.45, 7) is -0.836. The maximum Gasteiger partial charge on any atom is 0.401 e. The number of hydrogen-bond donors (Lipinski definition) is 1. The fourth-order valence-corrected chi connectivity index (χ4v) is 2.63. The van der Waals surface area contributed by atoms with Gasteiger partial charge in [0.05, 0.1) is 6.54 Å². The lowest BCUT2D eigenvalue weighted by atomic mass is 9.98. The van der Waals surface area contributed by atoms with Crippen LogP contribution in [0.15, 0.2) is 0 Å². The molecule has 1 nitrogen and oxygen atoms in total. The molecule has 0 aromatic carbocycles. The lowest BCUT2D eigenvalue weighted by Gasteiger charge is -2.20. The quantitative estimate of drug-likeness (QED) is 0.755. The molecule has 0 saturated heterocycles. The van der Waals surface area contributed by atoms with Crippen LogP contribution in [0.4, 0.5) is 13.2 Å². The van der Waals surface area contributed by atoms with Gasteiger partial charge in [-0.2, -0.15) is 13.2 Å². The first-order chi connectivity index (χ1) is 8.58. The summed E-state index contributed by atoms with van der Waals surface area (Å²) in [5.41, 5.74) is 0. The molecule has 0 spiro atoms. The molecule has 108 valence electrons. The van der Waals surface area contributed by atoms with Crippen LogP contribution in [-0.2, 0) is 0 Å². The minimum atomic E-state index is -4.08. The number of hydrogen-bond acceptors (Lipinski definition) is 1. The van der Waals surface area contributed by atoms with Crippen molar-refractivity contribution in [1.82, 2.24) is 5.32 Å². The number of halogens is 3. The first-order valence-corrected chi connectivity index (χ1v) is 7.38. The van der Waals surface area contributed by atoms with Crippen LogP contribution < -0.4 is 5.32 Å². The largest absolute Gasteiger partial charge is 0.401 e. The highest BCUT2D eigenvalue weighted by molar-refractivity contribution is 4.70. The number of alkyl halides is 3. The van der Waals surface area contributed by atoms with E-state index in [9.17, 15) is 13.2 Å². The van der Waals surface area contributed by atoms with Crippen LogP contribution in [0.1, 0.15) is 70.6 Å². The highest BCUT2D eigenvalue weighted by Crippen LogP contribution is 2.18. The molecule has 0 heterocycles. The Bertz CT molecular complexity index is 192. The van der Waals surface area contributed by atoms with Crippen molar-refractivity contribution in [3.8, 4) is 0 Å². The second-order valence-corrected chi connectivity index (χ2v) is 5.45. The molecular formula is C14H26F3N. The molecule has 1 saturated carbocycles.